The van der Waals surface area contributed by atoms with Crippen molar-refractivity contribution < 1.29 is 14.8 Å². The largest absolute Gasteiger partial charge is 0.368 e. The number of carbonyl (C=O) groups is 2. The molecule has 28 heavy (non-hydrogen) atoms. The summed E-state index contributed by atoms with van der Waals surface area (Å²) in [5.74, 6) is -0.365. The van der Waals surface area contributed by atoms with Gasteiger partial charge in [-0.2, -0.15) is 0 Å². The summed E-state index contributed by atoms with van der Waals surface area (Å²) in [4.78, 5) is 29.7. The van der Waals surface area contributed by atoms with Crippen molar-refractivity contribution in [3.8, 4) is 0 Å². The second-order valence-corrected chi connectivity index (χ2v) is 7.56. The van der Waals surface area contributed by atoms with Gasteiger partial charge >= 0.3 is 0 Å². The minimum Gasteiger partial charge on any atom is -0.368 e. The van der Waals surface area contributed by atoms with E-state index >= 15 is 0 Å². The van der Waals surface area contributed by atoms with Crippen molar-refractivity contribution in [1.29, 1.82) is 0 Å². The molecular weight excluding hydrogens is 356 g/mol. The summed E-state index contributed by atoms with van der Waals surface area (Å²) in [5.41, 5.74) is 3.67. The Morgan fingerprint density at radius 1 is 1.18 bits per heavy atom. The number of rotatable bonds is 6. The molecule has 2 saturated heterocycles. The highest BCUT2D eigenvalue weighted by molar-refractivity contribution is 5.91. The number of nitrogens with one attached hydrogen (secondary N) is 1. The van der Waals surface area contributed by atoms with Gasteiger partial charge in [0.05, 0.1) is 6.17 Å². The Morgan fingerprint density at radius 3 is 2.64 bits per heavy atom. The van der Waals surface area contributed by atoms with Crippen LogP contribution in [0.5, 0.6) is 0 Å². The normalized spacial score (nSPS) is 22.9. The van der Waals surface area contributed by atoms with Crippen LogP contribution in [0, 0.1) is 5.92 Å². The van der Waals surface area contributed by atoms with Crippen LogP contribution in [0.25, 0.3) is 6.08 Å². The summed E-state index contributed by atoms with van der Waals surface area (Å²) in [5, 5.41) is 8.66. The van der Waals surface area contributed by atoms with Gasteiger partial charge in [0.1, 0.15) is 6.29 Å². The first-order chi connectivity index (χ1) is 13.6. The Labute approximate surface area is 166 Å². The Balaban J connectivity index is 1.60. The summed E-state index contributed by atoms with van der Waals surface area (Å²) in [6.45, 7) is 7.90. The van der Waals surface area contributed by atoms with Crippen LogP contribution in [0.3, 0.4) is 0 Å². The molecule has 2 atom stereocenters. The number of likely N-dealkylation sites (tertiary alicyclic amines) is 1. The van der Waals surface area contributed by atoms with Crippen molar-refractivity contribution in [3.63, 3.8) is 0 Å². The second kappa shape index (κ2) is 9.82. The molecular formula is C21H30N4O3. The van der Waals surface area contributed by atoms with Crippen LogP contribution in [-0.4, -0.2) is 72.6 Å². The minimum absolute atomic E-state index is 0.173. The fraction of sp³-hybridized carbons (Fsp3) is 0.524. The number of piperazine rings is 1. The van der Waals surface area contributed by atoms with Crippen molar-refractivity contribution in [2.24, 2.45) is 5.92 Å². The van der Waals surface area contributed by atoms with Crippen molar-refractivity contribution in [2.45, 2.75) is 25.9 Å². The van der Waals surface area contributed by atoms with Crippen LogP contribution < -0.4 is 10.4 Å². The van der Waals surface area contributed by atoms with E-state index in [2.05, 4.69) is 27.7 Å². The topological polar surface area (TPSA) is 76.1 Å². The zero-order valence-corrected chi connectivity index (χ0v) is 16.5. The summed E-state index contributed by atoms with van der Waals surface area (Å²) in [6, 6.07) is 7.98. The van der Waals surface area contributed by atoms with Gasteiger partial charge in [-0.05, 0) is 44.0 Å². The maximum absolute atomic E-state index is 11.3. The van der Waals surface area contributed by atoms with Crippen molar-refractivity contribution >= 4 is 24.0 Å². The van der Waals surface area contributed by atoms with E-state index in [-0.39, 0.29) is 5.92 Å². The van der Waals surface area contributed by atoms with Crippen molar-refractivity contribution in [2.75, 3.05) is 44.2 Å². The van der Waals surface area contributed by atoms with Crippen LogP contribution in [0.15, 0.2) is 30.3 Å². The number of para-hydroxylation sites is 1. The summed E-state index contributed by atoms with van der Waals surface area (Å²) in [6.07, 6.45) is 6.61. The highest BCUT2D eigenvalue weighted by atomic mass is 16.5. The summed E-state index contributed by atoms with van der Waals surface area (Å²) in [7, 11) is 0. The van der Waals surface area contributed by atoms with E-state index in [1.54, 1.807) is 11.6 Å². The highest BCUT2D eigenvalue weighted by Crippen LogP contribution is 2.25. The number of piperidine rings is 1. The molecule has 2 aliphatic rings. The molecule has 1 aromatic carbocycles. The maximum atomic E-state index is 11.3. The van der Waals surface area contributed by atoms with E-state index in [1.165, 1.54) is 6.08 Å². The van der Waals surface area contributed by atoms with E-state index in [9.17, 15) is 9.59 Å². The third-order valence-corrected chi connectivity index (χ3v) is 5.85. The number of amides is 1. The molecule has 2 fully saturated rings. The maximum Gasteiger partial charge on any atom is 0.267 e. The molecule has 0 bridgehead atoms. The SMILES string of the molecule is CC(N1CCN(c2ccccc2/C=C/C(=O)NO)CC1)N1CCC[C@H](C=O)C1. The number of hydroxylamine groups is 1. The van der Waals surface area contributed by atoms with Gasteiger partial charge in [-0.25, -0.2) is 5.48 Å². The smallest absolute Gasteiger partial charge is 0.267 e. The molecule has 2 N–H and O–H groups in total. The Bertz CT molecular complexity index is 701. The lowest BCUT2D eigenvalue weighted by atomic mass is 9.99. The van der Waals surface area contributed by atoms with E-state index in [0.29, 0.717) is 6.17 Å². The lowest BCUT2D eigenvalue weighted by Gasteiger charge is -2.45. The highest BCUT2D eigenvalue weighted by Gasteiger charge is 2.29. The first-order valence-corrected chi connectivity index (χ1v) is 10.0. The van der Waals surface area contributed by atoms with Crippen LogP contribution in [0.1, 0.15) is 25.3 Å². The lowest BCUT2D eigenvalue weighted by Crippen LogP contribution is -2.56. The van der Waals surface area contributed by atoms with Crippen LogP contribution >= 0.6 is 0 Å². The predicted octanol–water partition coefficient (Wildman–Crippen LogP) is 1.58. The molecule has 1 aromatic rings. The van der Waals surface area contributed by atoms with Gasteiger partial charge < -0.3 is 9.69 Å². The van der Waals surface area contributed by atoms with Gasteiger partial charge in [0.25, 0.3) is 5.91 Å². The van der Waals surface area contributed by atoms with E-state index in [4.69, 9.17) is 5.21 Å². The number of anilines is 1. The zero-order chi connectivity index (χ0) is 19.9. The fourth-order valence-electron chi connectivity index (χ4n) is 4.18. The summed E-state index contributed by atoms with van der Waals surface area (Å²) < 4.78 is 0. The molecule has 0 saturated carbocycles. The van der Waals surface area contributed by atoms with Crippen LogP contribution in [0.4, 0.5) is 5.69 Å². The second-order valence-electron chi connectivity index (χ2n) is 7.56. The molecule has 0 aliphatic carbocycles. The molecule has 0 radical (unpaired) electrons. The molecule has 7 heteroatoms. The quantitative estimate of drug-likeness (QED) is 0.335. The molecule has 0 spiro atoms. The zero-order valence-electron chi connectivity index (χ0n) is 16.5. The van der Waals surface area contributed by atoms with Crippen molar-refractivity contribution in [1.82, 2.24) is 15.3 Å². The van der Waals surface area contributed by atoms with Gasteiger partial charge in [-0.1, -0.05) is 18.2 Å². The number of carbonyl (C=O) groups excluding carboxylic acids is 2. The fourth-order valence-corrected chi connectivity index (χ4v) is 4.18. The van der Waals surface area contributed by atoms with E-state index in [0.717, 1.165) is 69.6 Å². The Hall–Kier alpha value is -2.22. The minimum atomic E-state index is -0.538. The molecule has 0 aromatic heterocycles. The van der Waals surface area contributed by atoms with Crippen molar-refractivity contribution in [3.05, 3.63) is 35.9 Å². The Morgan fingerprint density at radius 2 is 1.93 bits per heavy atom. The van der Waals surface area contributed by atoms with E-state index < -0.39 is 5.91 Å². The number of benzene rings is 1. The van der Waals surface area contributed by atoms with Gasteiger partial charge in [-0.15, -0.1) is 0 Å². The number of aldehydes is 1. The first kappa shape index (κ1) is 20.5. The van der Waals surface area contributed by atoms with E-state index in [1.807, 2.05) is 18.2 Å². The van der Waals surface area contributed by atoms with Crippen LogP contribution in [-0.2, 0) is 9.59 Å². The monoisotopic (exact) mass is 386 g/mol. The predicted molar refractivity (Wildman–Crippen MR) is 109 cm³/mol. The molecule has 2 heterocycles. The molecule has 1 unspecified atom stereocenters. The van der Waals surface area contributed by atoms with Gasteiger partial charge in [0.15, 0.2) is 0 Å². The third-order valence-electron chi connectivity index (χ3n) is 5.85. The first-order valence-electron chi connectivity index (χ1n) is 10.0. The van der Waals surface area contributed by atoms with Crippen LogP contribution in [0.2, 0.25) is 0 Å². The lowest BCUT2D eigenvalue weighted by molar-refractivity contribution is -0.124. The molecule has 3 rings (SSSR count). The average molecular weight is 386 g/mol. The molecule has 7 nitrogen and oxygen atoms in total. The Kier molecular flexibility index (Phi) is 7.19. The number of nitrogens with zero attached hydrogens (tertiary/aromatic N) is 3. The number of hydrogen-bond donors (Lipinski definition) is 2. The number of hydrogen-bond acceptors (Lipinski definition) is 6. The third kappa shape index (κ3) is 4.98. The molecule has 1 amide bonds. The molecule has 152 valence electrons. The van der Waals surface area contributed by atoms with Gasteiger partial charge in [-0.3, -0.25) is 19.8 Å². The van der Waals surface area contributed by atoms with Gasteiger partial charge in [0.2, 0.25) is 0 Å². The summed E-state index contributed by atoms with van der Waals surface area (Å²) >= 11 is 0. The average Bonchev–Trinajstić information content (AvgIpc) is 2.77. The van der Waals surface area contributed by atoms with Gasteiger partial charge in [0, 0.05) is 50.4 Å². The standard InChI is InChI=1S/C21H30N4O3/c1-17(25-10-4-5-18(15-25)16-26)23-11-13-24(14-12-23)20-7-3-2-6-19(20)8-9-21(27)22-28/h2-3,6-9,16-18,28H,4-5,10-15H2,1H3,(H,22,27)/b9-8+/t17?,18-/m0/s1. The molecule has 2 aliphatic heterocycles.